The number of hydrogen-bond acceptors (Lipinski definition) is 5. The summed E-state index contributed by atoms with van der Waals surface area (Å²) in [6.45, 7) is 2.02. The number of nitrogens with one attached hydrogen (secondary N) is 1. The van der Waals surface area contributed by atoms with Crippen LogP contribution in [0, 0.1) is 0 Å². The predicted molar refractivity (Wildman–Crippen MR) is 71.1 cm³/mol. The minimum atomic E-state index is 0.317. The van der Waals surface area contributed by atoms with Gasteiger partial charge in [-0.15, -0.1) is 0 Å². The van der Waals surface area contributed by atoms with Crippen LogP contribution >= 0.6 is 11.3 Å². The average Bonchev–Trinajstić information content (AvgIpc) is 2.86. The van der Waals surface area contributed by atoms with Gasteiger partial charge in [0.1, 0.15) is 0 Å². The van der Waals surface area contributed by atoms with Crippen molar-refractivity contribution in [3.8, 4) is 0 Å². The molecule has 17 heavy (non-hydrogen) atoms. The van der Waals surface area contributed by atoms with Crippen molar-refractivity contribution in [3.63, 3.8) is 0 Å². The van der Waals surface area contributed by atoms with Gasteiger partial charge < -0.3 is 9.47 Å². The van der Waals surface area contributed by atoms with E-state index >= 15 is 0 Å². The summed E-state index contributed by atoms with van der Waals surface area (Å²) in [7, 11) is 1.68. The van der Waals surface area contributed by atoms with Gasteiger partial charge >= 0.3 is 0 Å². The minimum absolute atomic E-state index is 0.317. The van der Waals surface area contributed by atoms with Crippen LogP contribution in [0.1, 0.15) is 18.4 Å². The first-order valence-electron chi connectivity index (χ1n) is 5.90. The third kappa shape index (κ3) is 6.75. The van der Waals surface area contributed by atoms with Crippen molar-refractivity contribution in [3.05, 3.63) is 22.4 Å². The lowest BCUT2D eigenvalue weighted by Crippen LogP contribution is -2.36. The number of thiophene rings is 1. The number of nitrogens with two attached hydrogens (primary N) is 1. The smallest absolute Gasteiger partial charge is 0.0700 e. The SMILES string of the molecule is COCCOCCC(CCc1ccsc1)NN. The summed E-state index contributed by atoms with van der Waals surface area (Å²) in [5.41, 5.74) is 4.23. The Morgan fingerprint density at radius 3 is 2.88 bits per heavy atom. The highest BCUT2D eigenvalue weighted by molar-refractivity contribution is 7.07. The van der Waals surface area contributed by atoms with Gasteiger partial charge in [0.2, 0.25) is 0 Å². The Morgan fingerprint density at radius 1 is 1.35 bits per heavy atom. The summed E-state index contributed by atoms with van der Waals surface area (Å²) in [5, 5.41) is 4.29. The molecule has 0 radical (unpaired) electrons. The first-order valence-corrected chi connectivity index (χ1v) is 6.85. The molecule has 0 spiro atoms. The van der Waals surface area contributed by atoms with E-state index in [2.05, 4.69) is 22.3 Å². The Kier molecular flexibility index (Phi) is 8.21. The molecular weight excluding hydrogens is 236 g/mol. The van der Waals surface area contributed by atoms with Crippen LogP contribution < -0.4 is 11.3 Å². The van der Waals surface area contributed by atoms with Gasteiger partial charge in [0.25, 0.3) is 0 Å². The quantitative estimate of drug-likeness (QED) is 0.380. The molecule has 0 fully saturated rings. The lowest BCUT2D eigenvalue weighted by molar-refractivity contribution is 0.0654. The summed E-state index contributed by atoms with van der Waals surface area (Å²) in [6.07, 6.45) is 3.04. The average molecular weight is 258 g/mol. The fourth-order valence-electron chi connectivity index (χ4n) is 1.56. The molecule has 1 unspecified atom stereocenters. The summed E-state index contributed by atoms with van der Waals surface area (Å²) < 4.78 is 10.3. The van der Waals surface area contributed by atoms with Gasteiger partial charge in [-0.3, -0.25) is 11.3 Å². The van der Waals surface area contributed by atoms with Crippen LogP contribution in [-0.2, 0) is 15.9 Å². The topological polar surface area (TPSA) is 56.5 Å². The fourth-order valence-corrected chi connectivity index (χ4v) is 2.26. The molecule has 0 bridgehead atoms. The molecule has 1 aromatic rings. The van der Waals surface area contributed by atoms with Crippen molar-refractivity contribution in [2.75, 3.05) is 26.9 Å². The maximum atomic E-state index is 5.53. The van der Waals surface area contributed by atoms with Crippen LogP contribution in [-0.4, -0.2) is 33.0 Å². The highest BCUT2D eigenvalue weighted by Crippen LogP contribution is 2.10. The minimum Gasteiger partial charge on any atom is -0.382 e. The summed E-state index contributed by atoms with van der Waals surface area (Å²) >= 11 is 1.74. The molecule has 3 N–H and O–H groups in total. The van der Waals surface area contributed by atoms with Crippen LogP contribution in [0.25, 0.3) is 0 Å². The molecule has 0 saturated carbocycles. The standard InChI is InChI=1S/C12H22N2O2S/c1-15-7-8-16-6-4-12(14-13)3-2-11-5-9-17-10-11/h5,9-10,12,14H,2-4,6-8,13H2,1H3. The van der Waals surface area contributed by atoms with E-state index < -0.39 is 0 Å². The van der Waals surface area contributed by atoms with Crippen LogP contribution in [0.3, 0.4) is 0 Å². The summed E-state index contributed by atoms with van der Waals surface area (Å²) in [4.78, 5) is 0. The van der Waals surface area contributed by atoms with E-state index in [4.69, 9.17) is 15.3 Å². The van der Waals surface area contributed by atoms with Gasteiger partial charge in [-0.2, -0.15) is 11.3 Å². The van der Waals surface area contributed by atoms with Crippen molar-refractivity contribution in [1.82, 2.24) is 5.43 Å². The number of hydrazine groups is 1. The van der Waals surface area contributed by atoms with E-state index in [9.17, 15) is 0 Å². The highest BCUT2D eigenvalue weighted by atomic mass is 32.1. The van der Waals surface area contributed by atoms with Crippen molar-refractivity contribution < 1.29 is 9.47 Å². The maximum absolute atomic E-state index is 5.53. The maximum Gasteiger partial charge on any atom is 0.0700 e. The second-order valence-electron chi connectivity index (χ2n) is 3.93. The predicted octanol–water partition coefficient (Wildman–Crippen LogP) is 1.57. The van der Waals surface area contributed by atoms with E-state index in [0.29, 0.717) is 19.3 Å². The molecule has 5 heteroatoms. The molecular formula is C12H22N2O2S. The number of methoxy groups -OCH3 is 1. The number of ether oxygens (including phenoxy) is 2. The van der Waals surface area contributed by atoms with Gasteiger partial charge in [0.05, 0.1) is 13.2 Å². The first-order chi connectivity index (χ1) is 8.36. The van der Waals surface area contributed by atoms with Crippen molar-refractivity contribution in [2.24, 2.45) is 5.84 Å². The first kappa shape index (κ1) is 14.6. The zero-order valence-corrected chi connectivity index (χ0v) is 11.2. The molecule has 0 aliphatic rings. The number of rotatable bonds is 10. The summed E-state index contributed by atoms with van der Waals surface area (Å²) in [6, 6.07) is 2.48. The van der Waals surface area contributed by atoms with E-state index in [1.54, 1.807) is 18.4 Å². The van der Waals surface area contributed by atoms with Crippen molar-refractivity contribution in [1.29, 1.82) is 0 Å². The lowest BCUT2D eigenvalue weighted by Gasteiger charge is -2.15. The normalized spacial score (nSPS) is 12.8. The van der Waals surface area contributed by atoms with Gasteiger partial charge in [0.15, 0.2) is 0 Å². The Morgan fingerprint density at radius 2 is 2.24 bits per heavy atom. The van der Waals surface area contributed by atoms with E-state index in [0.717, 1.165) is 25.9 Å². The second-order valence-corrected chi connectivity index (χ2v) is 4.71. The molecule has 0 aliphatic carbocycles. The monoisotopic (exact) mass is 258 g/mol. The Hall–Kier alpha value is -0.460. The zero-order chi connectivity index (χ0) is 12.3. The molecule has 0 aromatic carbocycles. The van der Waals surface area contributed by atoms with E-state index in [1.807, 2.05) is 0 Å². The fraction of sp³-hybridized carbons (Fsp3) is 0.667. The Bertz CT molecular complexity index is 267. The van der Waals surface area contributed by atoms with E-state index in [-0.39, 0.29) is 0 Å². The molecule has 1 rings (SSSR count). The van der Waals surface area contributed by atoms with Crippen LogP contribution in [0.5, 0.6) is 0 Å². The molecule has 98 valence electrons. The molecule has 1 heterocycles. The van der Waals surface area contributed by atoms with Gasteiger partial charge in [-0.05, 0) is 41.7 Å². The lowest BCUT2D eigenvalue weighted by atomic mass is 10.1. The highest BCUT2D eigenvalue weighted by Gasteiger charge is 2.06. The van der Waals surface area contributed by atoms with Crippen molar-refractivity contribution in [2.45, 2.75) is 25.3 Å². The largest absolute Gasteiger partial charge is 0.382 e. The molecule has 1 aromatic heterocycles. The van der Waals surface area contributed by atoms with Gasteiger partial charge in [-0.25, -0.2) is 0 Å². The van der Waals surface area contributed by atoms with Crippen LogP contribution in [0.4, 0.5) is 0 Å². The summed E-state index contributed by atoms with van der Waals surface area (Å²) in [5.74, 6) is 5.53. The molecule has 4 nitrogen and oxygen atoms in total. The third-order valence-corrected chi connectivity index (χ3v) is 3.37. The molecule has 0 amide bonds. The van der Waals surface area contributed by atoms with Gasteiger partial charge in [-0.1, -0.05) is 0 Å². The Balaban J connectivity index is 2.07. The van der Waals surface area contributed by atoms with Crippen molar-refractivity contribution >= 4 is 11.3 Å². The second kappa shape index (κ2) is 9.56. The molecule has 0 aliphatic heterocycles. The zero-order valence-electron chi connectivity index (χ0n) is 10.4. The van der Waals surface area contributed by atoms with Gasteiger partial charge in [0, 0.05) is 19.8 Å². The molecule has 0 saturated heterocycles. The third-order valence-electron chi connectivity index (χ3n) is 2.64. The number of hydrogen-bond donors (Lipinski definition) is 2. The van der Waals surface area contributed by atoms with E-state index in [1.165, 1.54) is 5.56 Å². The number of aryl methyl sites for hydroxylation is 1. The molecule has 1 atom stereocenters. The van der Waals surface area contributed by atoms with Crippen LogP contribution in [0.2, 0.25) is 0 Å². The van der Waals surface area contributed by atoms with Crippen LogP contribution in [0.15, 0.2) is 16.8 Å². The Labute approximate surface area is 107 Å².